The lowest BCUT2D eigenvalue weighted by Gasteiger charge is -2.26. The molecule has 4 rings (SSSR count). The first kappa shape index (κ1) is 22.5. The van der Waals surface area contributed by atoms with Gasteiger partial charge in [-0.2, -0.15) is 0 Å². The molecule has 0 radical (unpaired) electrons. The molecule has 2 aromatic carbocycles. The van der Waals surface area contributed by atoms with Crippen LogP contribution < -0.4 is 21.0 Å². The molecule has 1 amide bonds. The van der Waals surface area contributed by atoms with Crippen molar-refractivity contribution in [2.75, 3.05) is 12.1 Å². The molecule has 33 heavy (non-hydrogen) atoms. The molecule has 0 saturated carbocycles. The summed E-state index contributed by atoms with van der Waals surface area (Å²) in [5.74, 6) is -0.448. The number of nitrogens with two attached hydrogens (primary N) is 1. The first-order valence-corrected chi connectivity index (χ1v) is 11.7. The van der Waals surface area contributed by atoms with Gasteiger partial charge in [-0.3, -0.25) is 19.8 Å². The van der Waals surface area contributed by atoms with E-state index in [2.05, 4.69) is 15.8 Å². The minimum Gasteiger partial charge on any atom is -0.346 e. The van der Waals surface area contributed by atoms with Gasteiger partial charge >= 0.3 is 0 Å². The fraction of sp³-hybridized carbons (Fsp3) is 0.130. The summed E-state index contributed by atoms with van der Waals surface area (Å²) >= 11 is 0. The number of carbonyl (C=O) groups is 1. The minimum atomic E-state index is -4.00. The highest BCUT2D eigenvalue weighted by molar-refractivity contribution is 7.89. The van der Waals surface area contributed by atoms with E-state index in [-0.39, 0.29) is 17.0 Å². The van der Waals surface area contributed by atoms with Gasteiger partial charge in [0, 0.05) is 25.9 Å². The van der Waals surface area contributed by atoms with E-state index in [1.54, 1.807) is 34.4 Å². The van der Waals surface area contributed by atoms with E-state index >= 15 is 0 Å². The number of hydrogen-bond acceptors (Lipinski definition) is 7. The molecular weight excluding hydrogens is 440 g/mol. The number of carbonyl (C=O) groups excluding carboxylic acids is 1. The van der Waals surface area contributed by atoms with Crippen molar-refractivity contribution in [2.24, 2.45) is 5.14 Å². The summed E-state index contributed by atoms with van der Waals surface area (Å²) in [6.45, 7) is 0.193. The number of aromatic nitrogens is 1. The Morgan fingerprint density at radius 3 is 2.55 bits per heavy atom. The fourth-order valence-corrected chi connectivity index (χ4v) is 4.05. The van der Waals surface area contributed by atoms with Crippen LogP contribution in [-0.2, 0) is 23.0 Å². The number of pyridine rings is 1. The standard InChI is InChI=1S/C23H24N6O3S/c1-28-16-19(13-17-7-3-2-4-8-17)29(27-28)22-11-10-20(33(24,31)32)14-21(22)23(30)26-15-18-9-5-6-12-25-18/h2-12,14,16,27H,13,15H2,1H3,(H,26,30)(H2,24,31,32). The van der Waals surface area contributed by atoms with Crippen molar-refractivity contribution >= 4 is 21.6 Å². The van der Waals surface area contributed by atoms with E-state index in [4.69, 9.17) is 5.14 Å². The lowest BCUT2D eigenvalue weighted by Crippen LogP contribution is -2.40. The maximum Gasteiger partial charge on any atom is 0.253 e. The van der Waals surface area contributed by atoms with Gasteiger partial charge in [0.2, 0.25) is 10.0 Å². The molecule has 0 fully saturated rings. The number of hydrogen-bond donors (Lipinski definition) is 3. The van der Waals surface area contributed by atoms with Crippen molar-refractivity contribution in [2.45, 2.75) is 17.9 Å². The van der Waals surface area contributed by atoms with E-state index in [1.807, 2.05) is 49.6 Å². The van der Waals surface area contributed by atoms with Gasteiger partial charge in [-0.25, -0.2) is 13.6 Å². The lowest BCUT2D eigenvalue weighted by molar-refractivity contribution is 0.0950. The molecule has 0 aliphatic carbocycles. The molecule has 1 aliphatic heterocycles. The second-order valence-corrected chi connectivity index (χ2v) is 9.12. The van der Waals surface area contributed by atoms with Crippen LogP contribution in [0.4, 0.5) is 5.69 Å². The van der Waals surface area contributed by atoms with Crippen LogP contribution in [0.3, 0.4) is 0 Å². The molecule has 2 heterocycles. The summed E-state index contributed by atoms with van der Waals surface area (Å²) in [5, 5.41) is 11.7. The Hall–Kier alpha value is -3.73. The van der Waals surface area contributed by atoms with E-state index in [1.165, 1.54) is 12.1 Å². The van der Waals surface area contributed by atoms with Crippen LogP contribution in [0.25, 0.3) is 0 Å². The minimum absolute atomic E-state index is 0.143. The molecule has 10 heteroatoms. The van der Waals surface area contributed by atoms with Gasteiger partial charge in [-0.05, 0) is 35.9 Å². The Balaban J connectivity index is 1.68. The van der Waals surface area contributed by atoms with Crippen molar-refractivity contribution in [3.8, 4) is 0 Å². The van der Waals surface area contributed by atoms with Crippen molar-refractivity contribution in [3.63, 3.8) is 0 Å². The van der Waals surface area contributed by atoms with Gasteiger partial charge in [-0.15, -0.1) is 5.53 Å². The first-order valence-electron chi connectivity index (χ1n) is 10.2. The molecule has 0 atom stereocenters. The molecule has 3 aromatic rings. The number of nitrogens with one attached hydrogen (secondary N) is 2. The number of benzene rings is 2. The van der Waals surface area contributed by atoms with Crippen molar-refractivity contribution in [1.82, 2.24) is 20.8 Å². The van der Waals surface area contributed by atoms with Gasteiger partial charge in [0.05, 0.1) is 34.1 Å². The largest absolute Gasteiger partial charge is 0.346 e. The van der Waals surface area contributed by atoms with Gasteiger partial charge in [0.15, 0.2) is 0 Å². The Kier molecular flexibility index (Phi) is 6.40. The summed E-state index contributed by atoms with van der Waals surface area (Å²) < 4.78 is 23.9. The molecule has 9 nitrogen and oxygen atoms in total. The third-order valence-electron chi connectivity index (χ3n) is 5.05. The average molecular weight is 465 g/mol. The Bertz CT molecular complexity index is 1280. The van der Waals surface area contributed by atoms with Crippen LogP contribution in [-0.4, -0.2) is 31.4 Å². The zero-order valence-electron chi connectivity index (χ0n) is 18.0. The number of anilines is 1. The van der Waals surface area contributed by atoms with Crippen molar-refractivity contribution < 1.29 is 13.2 Å². The molecule has 1 aliphatic rings. The van der Waals surface area contributed by atoms with Crippen LogP contribution >= 0.6 is 0 Å². The summed E-state index contributed by atoms with van der Waals surface area (Å²) in [4.78, 5) is 17.2. The lowest BCUT2D eigenvalue weighted by atomic mass is 10.1. The Labute approximate surface area is 192 Å². The average Bonchev–Trinajstić information content (AvgIpc) is 3.17. The van der Waals surface area contributed by atoms with Gasteiger partial charge < -0.3 is 5.32 Å². The van der Waals surface area contributed by atoms with Gasteiger partial charge in [0.1, 0.15) is 0 Å². The fourth-order valence-electron chi connectivity index (χ4n) is 3.51. The number of hydrazine groups is 2. The van der Waals surface area contributed by atoms with Gasteiger partial charge in [0.25, 0.3) is 5.91 Å². The molecule has 1 aromatic heterocycles. The van der Waals surface area contributed by atoms with Crippen molar-refractivity contribution in [3.05, 3.63) is 102 Å². The Morgan fingerprint density at radius 2 is 1.85 bits per heavy atom. The third kappa shape index (κ3) is 5.37. The van der Waals surface area contributed by atoms with Crippen LogP contribution in [0.15, 0.2) is 89.7 Å². The smallest absolute Gasteiger partial charge is 0.253 e. The Morgan fingerprint density at radius 1 is 1.09 bits per heavy atom. The summed E-state index contributed by atoms with van der Waals surface area (Å²) in [6, 6.07) is 19.6. The summed E-state index contributed by atoms with van der Waals surface area (Å²) in [7, 11) is -2.16. The highest BCUT2D eigenvalue weighted by Gasteiger charge is 2.26. The van der Waals surface area contributed by atoms with Gasteiger partial charge in [-0.1, -0.05) is 36.4 Å². The SMILES string of the molecule is CN1C=C(Cc2ccccc2)N(c2ccc(S(N)(=O)=O)cc2C(=O)NCc2ccccn2)N1. The van der Waals surface area contributed by atoms with E-state index in [9.17, 15) is 13.2 Å². The molecule has 0 spiro atoms. The first-order chi connectivity index (χ1) is 15.8. The highest BCUT2D eigenvalue weighted by atomic mass is 32.2. The summed E-state index contributed by atoms with van der Waals surface area (Å²) in [6.07, 6.45) is 4.15. The normalized spacial score (nSPS) is 13.7. The predicted molar refractivity (Wildman–Crippen MR) is 125 cm³/mol. The van der Waals surface area contributed by atoms with E-state index in [0.717, 1.165) is 11.3 Å². The highest BCUT2D eigenvalue weighted by Crippen LogP contribution is 2.29. The molecule has 0 unspecified atom stereocenters. The molecule has 4 N–H and O–H groups in total. The van der Waals surface area contributed by atoms with Crippen LogP contribution in [0.5, 0.6) is 0 Å². The zero-order valence-corrected chi connectivity index (χ0v) is 18.8. The third-order valence-corrected chi connectivity index (χ3v) is 5.96. The number of allylic oxidation sites excluding steroid dienone is 1. The number of rotatable bonds is 7. The number of primary sulfonamides is 1. The molecule has 0 saturated heterocycles. The van der Waals surface area contributed by atoms with Crippen LogP contribution in [0.1, 0.15) is 21.6 Å². The van der Waals surface area contributed by atoms with E-state index in [0.29, 0.717) is 17.8 Å². The predicted octanol–water partition coefficient (Wildman–Crippen LogP) is 1.91. The quantitative estimate of drug-likeness (QED) is 0.488. The maximum atomic E-state index is 13.2. The number of sulfonamides is 1. The monoisotopic (exact) mass is 464 g/mol. The second kappa shape index (κ2) is 9.41. The number of nitrogens with zero attached hydrogens (tertiary/aromatic N) is 3. The zero-order chi connectivity index (χ0) is 23.4. The van der Waals surface area contributed by atoms with Crippen LogP contribution in [0.2, 0.25) is 0 Å². The van der Waals surface area contributed by atoms with Crippen molar-refractivity contribution in [1.29, 1.82) is 0 Å². The molecule has 0 bridgehead atoms. The number of amides is 1. The van der Waals surface area contributed by atoms with Crippen LogP contribution in [0, 0.1) is 0 Å². The maximum absolute atomic E-state index is 13.2. The molecular formula is C23H24N6O3S. The van der Waals surface area contributed by atoms with E-state index < -0.39 is 15.9 Å². The molecule has 170 valence electrons. The second-order valence-electron chi connectivity index (χ2n) is 7.56. The topological polar surface area (TPSA) is 121 Å². The summed E-state index contributed by atoms with van der Waals surface area (Å²) in [5.41, 5.74) is 6.48.